The van der Waals surface area contributed by atoms with Crippen molar-refractivity contribution in [1.82, 2.24) is 14.8 Å². The first-order valence-electron chi connectivity index (χ1n) is 5.72. The highest BCUT2D eigenvalue weighted by molar-refractivity contribution is 7.80. The van der Waals surface area contributed by atoms with Crippen molar-refractivity contribution in [1.29, 1.82) is 0 Å². The van der Waals surface area contributed by atoms with Crippen molar-refractivity contribution < 1.29 is 0 Å². The molecule has 0 aliphatic heterocycles. The van der Waals surface area contributed by atoms with Gasteiger partial charge in [0, 0.05) is 11.4 Å². The molecule has 0 aliphatic carbocycles. The Hall–Kier alpha value is -1.75. The minimum Gasteiger partial charge on any atom is -0.389 e. The second kappa shape index (κ2) is 4.49. The summed E-state index contributed by atoms with van der Waals surface area (Å²) in [6, 6.07) is 3.98. The minimum atomic E-state index is 0.350. The zero-order chi connectivity index (χ0) is 13.4. The summed E-state index contributed by atoms with van der Waals surface area (Å²) in [6.07, 6.45) is 0. The van der Waals surface area contributed by atoms with Gasteiger partial charge in [-0.25, -0.2) is 9.67 Å². The predicted molar refractivity (Wildman–Crippen MR) is 76.2 cm³/mol. The summed E-state index contributed by atoms with van der Waals surface area (Å²) in [6.45, 7) is 7.87. The molecule has 0 radical (unpaired) electrons. The molecule has 2 rings (SSSR count). The third-order valence-corrected chi connectivity index (χ3v) is 2.99. The predicted octanol–water partition coefficient (Wildman–Crippen LogP) is 2.14. The van der Waals surface area contributed by atoms with Gasteiger partial charge in [-0.2, -0.15) is 5.10 Å². The van der Waals surface area contributed by atoms with Crippen LogP contribution in [0.3, 0.4) is 0 Å². The minimum absolute atomic E-state index is 0.350. The first-order valence-corrected chi connectivity index (χ1v) is 6.12. The van der Waals surface area contributed by atoms with Gasteiger partial charge in [0.15, 0.2) is 5.82 Å². The molecule has 2 heterocycles. The molecule has 0 atom stereocenters. The van der Waals surface area contributed by atoms with E-state index in [1.165, 1.54) is 0 Å². The Labute approximate surface area is 112 Å². The number of nitrogens with zero attached hydrogens (tertiary/aromatic N) is 3. The lowest BCUT2D eigenvalue weighted by atomic mass is 10.1. The molecule has 0 aromatic carbocycles. The van der Waals surface area contributed by atoms with Crippen LogP contribution in [-0.4, -0.2) is 19.8 Å². The molecule has 0 saturated heterocycles. The fourth-order valence-corrected chi connectivity index (χ4v) is 2.37. The summed E-state index contributed by atoms with van der Waals surface area (Å²) in [5.41, 5.74) is 10.5. The van der Waals surface area contributed by atoms with Crippen LogP contribution in [0.15, 0.2) is 12.1 Å². The van der Waals surface area contributed by atoms with Crippen molar-refractivity contribution >= 4 is 17.2 Å². The Bertz CT molecular complexity index is 628. The van der Waals surface area contributed by atoms with Gasteiger partial charge in [0.05, 0.1) is 11.3 Å². The quantitative estimate of drug-likeness (QED) is 0.840. The maximum Gasteiger partial charge on any atom is 0.164 e. The molecule has 0 aliphatic rings. The topological polar surface area (TPSA) is 56.7 Å². The van der Waals surface area contributed by atoms with E-state index in [1.54, 1.807) is 4.68 Å². The van der Waals surface area contributed by atoms with Gasteiger partial charge in [-0.1, -0.05) is 12.2 Å². The first-order chi connectivity index (χ1) is 8.40. The standard InChI is InChI=1S/C13H16N4S/c1-7-5-8(2)15-13(11(7)12(14)18)17-10(4)6-9(3)16-17/h5-6H,1-4H3,(H2,14,18). The Balaban J connectivity index is 2.77. The lowest BCUT2D eigenvalue weighted by molar-refractivity contribution is 0.798. The number of hydrogen-bond donors (Lipinski definition) is 1. The highest BCUT2D eigenvalue weighted by Gasteiger charge is 2.15. The van der Waals surface area contributed by atoms with Gasteiger partial charge in [-0.3, -0.25) is 0 Å². The fraction of sp³-hybridized carbons (Fsp3) is 0.308. The molecule has 0 spiro atoms. The van der Waals surface area contributed by atoms with E-state index < -0.39 is 0 Å². The van der Waals surface area contributed by atoms with Crippen molar-refractivity contribution in [3.05, 3.63) is 40.3 Å². The Morgan fingerprint density at radius 1 is 1.17 bits per heavy atom. The first kappa shape index (κ1) is 12.7. The maximum atomic E-state index is 5.81. The molecule has 0 bridgehead atoms. The molecule has 2 aromatic rings. The van der Waals surface area contributed by atoms with Crippen molar-refractivity contribution in [3.63, 3.8) is 0 Å². The van der Waals surface area contributed by atoms with E-state index in [0.717, 1.165) is 28.2 Å². The van der Waals surface area contributed by atoms with E-state index in [2.05, 4.69) is 10.1 Å². The van der Waals surface area contributed by atoms with Crippen LogP contribution < -0.4 is 5.73 Å². The largest absolute Gasteiger partial charge is 0.389 e. The number of thiocarbonyl (C=S) groups is 1. The van der Waals surface area contributed by atoms with Crippen molar-refractivity contribution in [3.8, 4) is 5.82 Å². The SMILES string of the molecule is Cc1cc(C)c(C(N)=S)c(-n2nc(C)cc2C)n1. The Kier molecular flexibility index (Phi) is 3.17. The second-order valence-electron chi connectivity index (χ2n) is 4.48. The van der Waals surface area contributed by atoms with E-state index in [-0.39, 0.29) is 0 Å². The van der Waals surface area contributed by atoms with Crippen LogP contribution in [0.1, 0.15) is 28.2 Å². The van der Waals surface area contributed by atoms with Crippen LogP contribution >= 0.6 is 12.2 Å². The van der Waals surface area contributed by atoms with Crippen LogP contribution in [0.4, 0.5) is 0 Å². The molecule has 4 nitrogen and oxygen atoms in total. The number of aromatic nitrogens is 3. The van der Waals surface area contributed by atoms with Crippen LogP contribution in [-0.2, 0) is 0 Å². The van der Waals surface area contributed by atoms with Gasteiger partial charge in [0.1, 0.15) is 4.99 Å². The van der Waals surface area contributed by atoms with E-state index in [0.29, 0.717) is 10.8 Å². The Morgan fingerprint density at radius 3 is 2.33 bits per heavy atom. The van der Waals surface area contributed by atoms with Gasteiger partial charge in [0.25, 0.3) is 0 Å². The molecule has 2 aromatic heterocycles. The van der Waals surface area contributed by atoms with Gasteiger partial charge >= 0.3 is 0 Å². The van der Waals surface area contributed by atoms with E-state index >= 15 is 0 Å². The van der Waals surface area contributed by atoms with Gasteiger partial charge < -0.3 is 5.73 Å². The summed E-state index contributed by atoms with van der Waals surface area (Å²) in [4.78, 5) is 4.88. The number of rotatable bonds is 2. The molecule has 18 heavy (non-hydrogen) atoms. The zero-order valence-electron chi connectivity index (χ0n) is 11.0. The van der Waals surface area contributed by atoms with Crippen LogP contribution in [0.25, 0.3) is 5.82 Å². The van der Waals surface area contributed by atoms with Crippen LogP contribution in [0.5, 0.6) is 0 Å². The average molecular weight is 260 g/mol. The molecule has 5 heteroatoms. The molecule has 2 N–H and O–H groups in total. The van der Waals surface area contributed by atoms with Gasteiger partial charge in [-0.15, -0.1) is 0 Å². The van der Waals surface area contributed by atoms with Crippen molar-refractivity contribution in [2.24, 2.45) is 5.73 Å². The number of nitrogens with two attached hydrogens (primary N) is 1. The van der Waals surface area contributed by atoms with Crippen molar-refractivity contribution in [2.45, 2.75) is 27.7 Å². The van der Waals surface area contributed by atoms with Crippen molar-refractivity contribution in [2.75, 3.05) is 0 Å². The molecular formula is C13H16N4S. The molecule has 0 fully saturated rings. The summed E-state index contributed by atoms with van der Waals surface area (Å²) in [7, 11) is 0. The molecule has 0 amide bonds. The lowest BCUT2D eigenvalue weighted by Crippen LogP contribution is -2.18. The normalized spacial score (nSPS) is 10.7. The summed E-state index contributed by atoms with van der Waals surface area (Å²) >= 11 is 5.13. The van der Waals surface area contributed by atoms with Crippen LogP contribution in [0.2, 0.25) is 0 Å². The summed E-state index contributed by atoms with van der Waals surface area (Å²) in [5.74, 6) is 0.714. The summed E-state index contributed by atoms with van der Waals surface area (Å²) in [5, 5.41) is 4.44. The van der Waals surface area contributed by atoms with Crippen LogP contribution in [0, 0.1) is 27.7 Å². The number of aryl methyl sites for hydroxylation is 4. The molecule has 94 valence electrons. The third kappa shape index (κ3) is 2.13. The molecule has 0 unspecified atom stereocenters. The monoisotopic (exact) mass is 260 g/mol. The highest BCUT2D eigenvalue weighted by Crippen LogP contribution is 2.19. The lowest BCUT2D eigenvalue weighted by Gasteiger charge is -2.13. The average Bonchev–Trinajstić information content (AvgIpc) is 2.55. The molecular weight excluding hydrogens is 244 g/mol. The van der Waals surface area contributed by atoms with Gasteiger partial charge in [-0.05, 0) is 45.4 Å². The van der Waals surface area contributed by atoms with E-state index in [4.69, 9.17) is 18.0 Å². The van der Waals surface area contributed by atoms with E-state index in [9.17, 15) is 0 Å². The summed E-state index contributed by atoms with van der Waals surface area (Å²) < 4.78 is 1.80. The van der Waals surface area contributed by atoms with E-state index in [1.807, 2.05) is 39.8 Å². The zero-order valence-corrected chi connectivity index (χ0v) is 11.8. The second-order valence-corrected chi connectivity index (χ2v) is 4.92. The third-order valence-electron chi connectivity index (χ3n) is 2.78. The fourth-order valence-electron chi connectivity index (χ4n) is 2.12. The highest BCUT2D eigenvalue weighted by atomic mass is 32.1. The Morgan fingerprint density at radius 2 is 1.83 bits per heavy atom. The van der Waals surface area contributed by atoms with Gasteiger partial charge in [0.2, 0.25) is 0 Å². The maximum absolute atomic E-state index is 5.81. The number of pyridine rings is 1. The number of hydrogen-bond acceptors (Lipinski definition) is 3. The molecule has 0 saturated carbocycles. The smallest absolute Gasteiger partial charge is 0.164 e.